The van der Waals surface area contributed by atoms with Gasteiger partial charge in [0, 0.05) is 30.9 Å². The number of amides is 1. The molecule has 7 nitrogen and oxygen atoms in total. The van der Waals surface area contributed by atoms with Crippen molar-refractivity contribution in [1.29, 1.82) is 0 Å². The topological polar surface area (TPSA) is 87.7 Å². The quantitative estimate of drug-likeness (QED) is 0.531. The Bertz CT molecular complexity index is 1230. The van der Waals surface area contributed by atoms with Crippen molar-refractivity contribution in [2.45, 2.75) is 25.3 Å². The number of anilines is 2. The minimum Gasteiger partial charge on any atom is -0.379 e. The summed E-state index contributed by atoms with van der Waals surface area (Å²) >= 11 is 0. The van der Waals surface area contributed by atoms with Gasteiger partial charge in [-0.1, -0.05) is 30.3 Å². The van der Waals surface area contributed by atoms with Crippen LogP contribution >= 0.6 is 0 Å². The minimum absolute atomic E-state index is 0.126. The Hall–Kier alpha value is -3.20. The standard InChI is InChI=1S/C26H29N3O4S/c1-19-4-3-5-20(2)25(19)28-34(31,32)24-12-10-23(11-13-24)27-26(30)22-8-6-21(7-9-22)18-29-14-16-33-17-15-29/h3-13,28H,14-18H2,1-2H3,(H,27,30). The van der Waals surface area contributed by atoms with Gasteiger partial charge in [0.05, 0.1) is 23.8 Å². The summed E-state index contributed by atoms with van der Waals surface area (Å²) in [6.45, 7) is 7.88. The van der Waals surface area contributed by atoms with Crippen molar-refractivity contribution < 1.29 is 17.9 Å². The maximum Gasteiger partial charge on any atom is 0.261 e. The van der Waals surface area contributed by atoms with Gasteiger partial charge in [0.1, 0.15) is 0 Å². The summed E-state index contributed by atoms with van der Waals surface area (Å²) in [5, 5.41) is 2.82. The highest BCUT2D eigenvalue weighted by Gasteiger charge is 2.17. The maximum atomic E-state index is 12.8. The predicted octanol–water partition coefficient (Wildman–Crippen LogP) is 4.19. The van der Waals surface area contributed by atoms with E-state index in [9.17, 15) is 13.2 Å². The van der Waals surface area contributed by atoms with Crippen LogP contribution in [0.3, 0.4) is 0 Å². The van der Waals surface area contributed by atoms with Crippen molar-refractivity contribution in [3.63, 3.8) is 0 Å². The Balaban J connectivity index is 1.38. The van der Waals surface area contributed by atoms with E-state index in [2.05, 4.69) is 14.9 Å². The predicted molar refractivity (Wildman–Crippen MR) is 134 cm³/mol. The monoisotopic (exact) mass is 479 g/mol. The van der Waals surface area contributed by atoms with Gasteiger partial charge in [0.15, 0.2) is 0 Å². The normalized spacial score (nSPS) is 14.5. The van der Waals surface area contributed by atoms with Gasteiger partial charge in [-0.3, -0.25) is 14.4 Å². The second-order valence-electron chi connectivity index (χ2n) is 8.44. The lowest BCUT2D eigenvalue weighted by atomic mass is 10.1. The summed E-state index contributed by atoms with van der Waals surface area (Å²) in [7, 11) is -3.75. The van der Waals surface area contributed by atoms with E-state index in [0.29, 0.717) is 16.9 Å². The third-order valence-corrected chi connectivity index (χ3v) is 7.23. The van der Waals surface area contributed by atoms with E-state index in [1.54, 1.807) is 24.3 Å². The molecule has 178 valence electrons. The van der Waals surface area contributed by atoms with Crippen LogP contribution in [-0.4, -0.2) is 45.5 Å². The van der Waals surface area contributed by atoms with Crippen molar-refractivity contribution in [3.8, 4) is 0 Å². The number of nitrogens with zero attached hydrogens (tertiary/aromatic N) is 1. The third-order valence-electron chi connectivity index (χ3n) is 5.87. The first-order valence-corrected chi connectivity index (χ1v) is 12.7. The van der Waals surface area contributed by atoms with Crippen LogP contribution in [0.25, 0.3) is 0 Å². The molecule has 8 heteroatoms. The van der Waals surface area contributed by atoms with Gasteiger partial charge in [-0.2, -0.15) is 0 Å². The fraction of sp³-hybridized carbons (Fsp3) is 0.269. The average molecular weight is 480 g/mol. The Morgan fingerprint density at radius 2 is 1.53 bits per heavy atom. The second kappa shape index (κ2) is 10.4. The van der Waals surface area contributed by atoms with Crippen LogP contribution in [0.1, 0.15) is 27.0 Å². The summed E-state index contributed by atoms with van der Waals surface area (Å²) in [6.07, 6.45) is 0. The first kappa shape index (κ1) is 23.9. The van der Waals surface area contributed by atoms with Gasteiger partial charge in [0.2, 0.25) is 0 Å². The van der Waals surface area contributed by atoms with Crippen LogP contribution < -0.4 is 10.0 Å². The largest absolute Gasteiger partial charge is 0.379 e. The first-order chi connectivity index (χ1) is 16.3. The number of aryl methyl sites for hydroxylation is 2. The lowest BCUT2D eigenvalue weighted by molar-refractivity contribution is 0.0342. The molecule has 1 aliphatic rings. The molecule has 34 heavy (non-hydrogen) atoms. The zero-order chi connectivity index (χ0) is 24.1. The maximum absolute atomic E-state index is 12.8. The van der Waals surface area contributed by atoms with Crippen LogP contribution in [0.15, 0.2) is 71.6 Å². The molecule has 1 fully saturated rings. The Kier molecular flexibility index (Phi) is 7.31. The molecule has 0 aliphatic carbocycles. The Morgan fingerprint density at radius 3 is 2.15 bits per heavy atom. The molecule has 4 rings (SSSR count). The highest BCUT2D eigenvalue weighted by atomic mass is 32.2. The van der Waals surface area contributed by atoms with Crippen molar-refractivity contribution in [3.05, 3.63) is 89.0 Å². The SMILES string of the molecule is Cc1cccc(C)c1NS(=O)(=O)c1ccc(NC(=O)c2ccc(CN3CCOCC3)cc2)cc1. The minimum atomic E-state index is -3.75. The van der Waals surface area contributed by atoms with Crippen LogP contribution in [0, 0.1) is 13.8 Å². The molecule has 2 N–H and O–H groups in total. The van der Waals surface area contributed by atoms with E-state index < -0.39 is 10.0 Å². The number of sulfonamides is 1. The van der Waals surface area contributed by atoms with E-state index >= 15 is 0 Å². The van der Waals surface area contributed by atoms with Crippen molar-refractivity contribution in [1.82, 2.24) is 4.90 Å². The molecule has 0 saturated carbocycles. The van der Waals surface area contributed by atoms with E-state index in [-0.39, 0.29) is 10.8 Å². The van der Waals surface area contributed by atoms with Gasteiger partial charge in [0.25, 0.3) is 15.9 Å². The number of rotatable bonds is 7. The molecular formula is C26H29N3O4S. The summed E-state index contributed by atoms with van der Waals surface area (Å²) in [5.74, 6) is -0.248. The summed E-state index contributed by atoms with van der Waals surface area (Å²) in [4.78, 5) is 15.1. The van der Waals surface area contributed by atoms with Gasteiger partial charge < -0.3 is 10.1 Å². The number of para-hydroxylation sites is 1. The van der Waals surface area contributed by atoms with E-state index in [0.717, 1.165) is 49.5 Å². The van der Waals surface area contributed by atoms with Gasteiger partial charge in [-0.25, -0.2) is 8.42 Å². The lowest BCUT2D eigenvalue weighted by Gasteiger charge is -2.26. The zero-order valence-corrected chi connectivity index (χ0v) is 20.2. The van der Waals surface area contributed by atoms with E-state index in [4.69, 9.17) is 4.74 Å². The Morgan fingerprint density at radius 1 is 0.912 bits per heavy atom. The number of carbonyl (C=O) groups is 1. The summed E-state index contributed by atoms with van der Waals surface area (Å²) in [5.41, 5.74) is 4.49. The number of nitrogens with one attached hydrogen (secondary N) is 2. The smallest absolute Gasteiger partial charge is 0.261 e. The molecule has 0 unspecified atom stereocenters. The fourth-order valence-corrected chi connectivity index (χ4v) is 5.07. The number of benzene rings is 3. The number of hydrogen-bond donors (Lipinski definition) is 2. The molecule has 3 aromatic rings. The third kappa shape index (κ3) is 5.83. The molecule has 1 heterocycles. The van der Waals surface area contributed by atoms with Crippen LogP contribution in [0.5, 0.6) is 0 Å². The fourth-order valence-electron chi connectivity index (χ4n) is 3.87. The molecule has 0 spiro atoms. The zero-order valence-electron chi connectivity index (χ0n) is 19.4. The van der Waals surface area contributed by atoms with Crippen LogP contribution in [-0.2, 0) is 21.3 Å². The summed E-state index contributed by atoms with van der Waals surface area (Å²) in [6, 6.07) is 19.3. The second-order valence-corrected chi connectivity index (χ2v) is 10.1. The number of ether oxygens (including phenoxy) is 1. The number of carbonyl (C=O) groups excluding carboxylic acids is 1. The van der Waals surface area contributed by atoms with Crippen molar-refractivity contribution in [2.24, 2.45) is 0 Å². The number of morpholine rings is 1. The highest BCUT2D eigenvalue weighted by molar-refractivity contribution is 7.92. The van der Waals surface area contributed by atoms with Crippen molar-refractivity contribution >= 4 is 27.3 Å². The van der Waals surface area contributed by atoms with Crippen LogP contribution in [0.2, 0.25) is 0 Å². The molecule has 0 bridgehead atoms. The summed E-state index contributed by atoms with van der Waals surface area (Å²) < 4.78 is 33.7. The van der Waals surface area contributed by atoms with Crippen LogP contribution in [0.4, 0.5) is 11.4 Å². The van der Waals surface area contributed by atoms with Gasteiger partial charge >= 0.3 is 0 Å². The highest BCUT2D eigenvalue weighted by Crippen LogP contribution is 2.24. The van der Waals surface area contributed by atoms with Gasteiger partial charge in [-0.15, -0.1) is 0 Å². The molecule has 0 radical (unpaired) electrons. The van der Waals surface area contributed by atoms with Crippen molar-refractivity contribution in [2.75, 3.05) is 36.3 Å². The molecular weight excluding hydrogens is 450 g/mol. The molecule has 1 aliphatic heterocycles. The lowest BCUT2D eigenvalue weighted by Crippen LogP contribution is -2.35. The molecule has 0 aromatic heterocycles. The molecule has 0 atom stereocenters. The molecule has 1 saturated heterocycles. The Labute approximate surface area is 200 Å². The van der Waals surface area contributed by atoms with Gasteiger partial charge in [-0.05, 0) is 66.9 Å². The molecule has 3 aromatic carbocycles. The van der Waals surface area contributed by atoms with E-state index in [1.165, 1.54) is 12.1 Å². The molecule has 1 amide bonds. The van der Waals surface area contributed by atoms with E-state index in [1.807, 2.05) is 44.2 Å². The first-order valence-electron chi connectivity index (χ1n) is 11.2. The number of hydrogen-bond acceptors (Lipinski definition) is 5. The average Bonchev–Trinajstić information content (AvgIpc) is 2.83.